The number of amides is 1. The highest BCUT2D eigenvalue weighted by atomic mass is 16.3. The van der Waals surface area contributed by atoms with Crippen LogP contribution in [-0.2, 0) is 5.60 Å². The Bertz CT molecular complexity index is 764. The number of rotatable bonds is 3. The summed E-state index contributed by atoms with van der Waals surface area (Å²) in [6.07, 6.45) is 5.58. The second-order valence-corrected chi connectivity index (χ2v) is 7.34. The maximum absolute atomic E-state index is 13.1. The van der Waals surface area contributed by atoms with Gasteiger partial charge >= 0.3 is 0 Å². The van der Waals surface area contributed by atoms with Crippen LogP contribution in [0.2, 0.25) is 0 Å². The molecule has 5 nitrogen and oxygen atoms in total. The highest BCUT2D eigenvalue weighted by Gasteiger charge is 2.36. The summed E-state index contributed by atoms with van der Waals surface area (Å²) in [5.74, 6) is 0.494. The maximum Gasteiger partial charge on any atom is 0.254 e. The standard InChI is InChI=1S/C21H25N3O2/c25-20(19-6-2-1-5-18(19)16-7-11-23-14-16)24-12-8-21(26,9-13-24)17-4-3-10-22-15-17/h1-6,10,15-16,23,26H,7-9,11-14H2. The summed E-state index contributed by atoms with van der Waals surface area (Å²) < 4.78 is 0. The van der Waals surface area contributed by atoms with Crippen LogP contribution in [0.1, 0.15) is 46.7 Å². The Morgan fingerprint density at radius 2 is 2.00 bits per heavy atom. The maximum atomic E-state index is 13.1. The molecule has 2 saturated heterocycles. The van der Waals surface area contributed by atoms with Crippen molar-refractivity contribution in [1.29, 1.82) is 0 Å². The molecule has 0 spiro atoms. The average Bonchev–Trinajstić information content (AvgIpc) is 3.23. The Labute approximate surface area is 154 Å². The fourth-order valence-electron chi connectivity index (χ4n) is 4.14. The lowest BCUT2D eigenvalue weighted by Crippen LogP contribution is -2.45. The number of piperidine rings is 1. The molecule has 2 aromatic rings. The molecule has 0 bridgehead atoms. The van der Waals surface area contributed by atoms with Crippen molar-refractivity contribution in [3.63, 3.8) is 0 Å². The number of aliphatic hydroxyl groups is 1. The first kappa shape index (κ1) is 17.2. The van der Waals surface area contributed by atoms with E-state index in [0.717, 1.165) is 36.2 Å². The second kappa shape index (κ2) is 7.17. The Hall–Kier alpha value is -2.24. The van der Waals surface area contributed by atoms with E-state index in [2.05, 4.69) is 16.4 Å². The molecule has 4 rings (SSSR count). The number of aromatic nitrogens is 1. The summed E-state index contributed by atoms with van der Waals surface area (Å²) in [6, 6.07) is 11.7. The van der Waals surface area contributed by atoms with Crippen molar-refractivity contribution in [3.05, 3.63) is 65.5 Å². The van der Waals surface area contributed by atoms with Gasteiger partial charge in [-0.15, -0.1) is 0 Å². The third-order valence-corrected chi connectivity index (χ3v) is 5.77. The van der Waals surface area contributed by atoms with Gasteiger partial charge in [-0.2, -0.15) is 0 Å². The van der Waals surface area contributed by atoms with Crippen LogP contribution in [0.15, 0.2) is 48.8 Å². The van der Waals surface area contributed by atoms with E-state index in [9.17, 15) is 9.90 Å². The molecular weight excluding hydrogens is 326 g/mol. The number of likely N-dealkylation sites (tertiary alicyclic amines) is 1. The SMILES string of the molecule is O=C(c1ccccc1C1CCNC1)N1CCC(O)(c2cccnc2)CC1. The van der Waals surface area contributed by atoms with Gasteiger partial charge in [-0.25, -0.2) is 0 Å². The van der Waals surface area contributed by atoms with Crippen molar-refractivity contribution in [2.75, 3.05) is 26.2 Å². The predicted molar refractivity (Wildman–Crippen MR) is 99.9 cm³/mol. The van der Waals surface area contributed by atoms with Gasteiger partial charge in [0.1, 0.15) is 0 Å². The fraction of sp³-hybridized carbons (Fsp3) is 0.429. The van der Waals surface area contributed by atoms with E-state index in [-0.39, 0.29) is 5.91 Å². The monoisotopic (exact) mass is 351 g/mol. The minimum Gasteiger partial charge on any atom is -0.385 e. The first-order chi connectivity index (χ1) is 12.7. The molecule has 3 heterocycles. The van der Waals surface area contributed by atoms with E-state index in [1.54, 1.807) is 12.4 Å². The summed E-state index contributed by atoms with van der Waals surface area (Å²) >= 11 is 0. The van der Waals surface area contributed by atoms with Crippen LogP contribution in [0, 0.1) is 0 Å². The third-order valence-electron chi connectivity index (χ3n) is 5.77. The molecule has 2 aliphatic heterocycles. The lowest BCUT2D eigenvalue weighted by atomic mass is 9.85. The van der Waals surface area contributed by atoms with Crippen LogP contribution >= 0.6 is 0 Å². The van der Waals surface area contributed by atoms with Gasteiger partial charge in [-0.1, -0.05) is 24.3 Å². The zero-order valence-corrected chi connectivity index (χ0v) is 14.9. The Kier molecular flexibility index (Phi) is 4.74. The molecule has 1 aromatic heterocycles. The molecule has 1 atom stereocenters. The Morgan fingerprint density at radius 1 is 1.19 bits per heavy atom. The minimum absolute atomic E-state index is 0.0840. The van der Waals surface area contributed by atoms with E-state index < -0.39 is 5.60 Å². The summed E-state index contributed by atoms with van der Waals surface area (Å²) in [7, 11) is 0. The van der Waals surface area contributed by atoms with Crippen LogP contribution < -0.4 is 5.32 Å². The molecule has 1 unspecified atom stereocenters. The highest BCUT2D eigenvalue weighted by molar-refractivity contribution is 5.96. The lowest BCUT2D eigenvalue weighted by Gasteiger charge is -2.38. The van der Waals surface area contributed by atoms with Crippen LogP contribution in [0.5, 0.6) is 0 Å². The molecule has 2 fully saturated rings. The van der Waals surface area contributed by atoms with Crippen molar-refractivity contribution in [3.8, 4) is 0 Å². The molecule has 26 heavy (non-hydrogen) atoms. The number of hydrogen-bond acceptors (Lipinski definition) is 4. The molecule has 5 heteroatoms. The molecule has 0 aliphatic carbocycles. The number of benzene rings is 1. The molecule has 0 saturated carbocycles. The first-order valence-corrected chi connectivity index (χ1v) is 9.39. The topological polar surface area (TPSA) is 65.5 Å². The van der Waals surface area contributed by atoms with Gasteiger partial charge in [0, 0.05) is 43.2 Å². The van der Waals surface area contributed by atoms with E-state index >= 15 is 0 Å². The molecular formula is C21H25N3O2. The third kappa shape index (κ3) is 3.24. The van der Waals surface area contributed by atoms with Crippen LogP contribution in [0.3, 0.4) is 0 Å². The Balaban J connectivity index is 1.49. The van der Waals surface area contributed by atoms with Crippen molar-refractivity contribution >= 4 is 5.91 Å². The van der Waals surface area contributed by atoms with Crippen molar-refractivity contribution in [1.82, 2.24) is 15.2 Å². The normalized spacial score (nSPS) is 22.3. The summed E-state index contributed by atoms with van der Waals surface area (Å²) in [5, 5.41) is 14.3. The van der Waals surface area contributed by atoms with Crippen molar-refractivity contribution in [2.24, 2.45) is 0 Å². The smallest absolute Gasteiger partial charge is 0.254 e. The van der Waals surface area contributed by atoms with Gasteiger partial charge in [-0.3, -0.25) is 9.78 Å². The predicted octanol–water partition coefficient (Wildman–Crippen LogP) is 2.28. The van der Waals surface area contributed by atoms with Gasteiger partial charge in [-0.05, 0) is 49.4 Å². The number of pyridine rings is 1. The number of nitrogens with zero attached hydrogens (tertiary/aromatic N) is 2. The van der Waals surface area contributed by atoms with E-state index in [4.69, 9.17) is 0 Å². The minimum atomic E-state index is -0.889. The molecule has 2 N–H and O–H groups in total. The number of nitrogens with one attached hydrogen (secondary N) is 1. The largest absolute Gasteiger partial charge is 0.385 e. The van der Waals surface area contributed by atoms with Gasteiger partial charge in [0.2, 0.25) is 0 Å². The summed E-state index contributed by atoms with van der Waals surface area (Å²) in [4.78, 5) is 19.1. The molecule has 136 valence electrons. The van der Waals surface area contributed by atoms with Crippen molar-refractivity contribution < 1.29 is 9.90 Å². The first-order valence-electron chi connectivity index (χ1n) is 9.39. The van der Waals surface area contributed by atoms with Gasteiger partial charge < -0.3 is 15.3 Å². The number of carbonyl (C=O) groups excluding carboxylic acids is 1. The van der Waals surface area contributed by atoms with Gasteiger partial charge in [0.25, 0.3) is 5.91 Å². The number of carbonyl (C=O) groups is 1. The molecule has 2 aliphatic rings. The van der Waals surface area contributed by atoms with Crippen molar-refractivity contribution in [2.45, 2.75) is 30.8 Å². The molecule has 1 aromatic carbocycles. The second-order valence-electron chi connectivity index (χ2n) is 7.34. The molecule has 1 amide bonds. The molecule has 0 radical (unpaired) electrons. The van der Waals surface area contributed by atoms with Crippen LogP contribution in [0.25, 0.3) is 0 Å². The quantitative estimate of drug-likeness (QED) is 0.890. The zero-order chi connectivity index (χ0) is 18.0. The lowest BCUT2D eigenvalue weighted by molar-refractivity contribution is -0.0214. The van der Waals surface area contributed by atoms with Crippen LogP contribution in [-0.4, -0.2) is 47.1 Å². The fourth-order valence-corrected chi connectivity index (χ4v) is 4.14. The van der Waals surface area contributed by atoms with E-state index in [1.165, 1.54) is 0 Å². The summed E-state index contributed by atoms with van der Waals surface area (Å²) in [5.41, 5.74) is 1.91. The van der Waals surface area contributed by atoms with Gasteiger partial charge in [0.05, 0.1) is 5.60 Å². The van der Waals surface area contributed by atoms with E-state index in [1.807, 2.05) is 35.2 Å². The average molecular weight is 351 g/mol. The zero-order valence-electron chi connectivity index (χ0n) is 14.9. The van der Waals surface area contributed by atoms with E-state index in [0.29, 0.717) is 31.8 Å². The Morgan fingerprint density at radius 3 is 2.69 bits per heavy atom. The number of hydrogen-bond donors (Lipinski definition) is 2. The highest BCUT2D eigenvalue weighted by Crippen LogP contribution is 2.33. The van der Waals surface area contributed by atoms with Gasteiger partial charge in [0.15, 0.2) is 0 Å². The van der Waals surface area contributed by atoms with Crippen LogP contribution in [0.4, 0.5) is 0 Å². The summed E-state index contributed by atoms with van der Waals surface area (Å²) in [6.45, 7) is 3.06.